The lowest BCUT2D eigenvalue weighted by Gasteiger charge is -2.33. The number of anilines is 1. The van der Waals surface area contributed by atoms with E-state index in [0.29, 0.717) is 28.4 Å². The molecule has 4 heterocycles. The fourth-order valence-corrected chi connectivity index (χ4v) is 3.99. The number of hydrogen-bond donors (Lipinski definition) is 1. The summed E-state index contributed by atoms with van der Waals surface area (Å²) in [4.78, 5) is 19.1. The number of aromatic nitrogens is 2. The quantitative estimate of drug-likeness (QED) is 0.530. The molecule has 1 N–H and O–H groups in total. The van der Waals surface area contributed by atoms with Crippen LogP contribution in [-0.2, 0) is 0 Å². The maximum Gasteiger partial charge on any atom is 0.344 e. The van der Waals surface area contributed by atoms with Crippen molar-refractivity contribution in [2.24, 2.45) is 0 Å². The Kier molecular flexibility index (Phi) is 4.13. The Labute approximate surface area is 166 Å². The molecule has 6 nitrogen and oxygen atoms in total. The SMILES string of the molecule is Cc1cn2cc(-c3cc4ccc(N5CCNC(C)C5)cc4oc3=O)cc(F)c2n1. The van der Waals surface area contributed by atoms with E-state index >= 15 is 0 Å². The highest BCUT2D eigenvalue weighted by atomic mass is 19.1. The van der Waals surface area contributed by atoms with Crippen molar-refractivity contribution in [3.8, 4) is 11.1 Å². The summed E-state index contributed by atoms with van der Waals surface area (Å²) in [7, 11) is 0. The molecule has 0 aliphatic carbocycles. The monoisotopic (exact) mass is 392 g/mol. The number of fused-ring (bicyclic) bond motifs is 2. The first-order chi connectivity index (χ1) is 14.0. The number of pyridine rings is 1. The summed E-state index contributed by atoms with van der Waals surface area (Å²) in [5, 5.41) is 4.22. The maximum atomic E-state index is 14.5. The van der Waals surface area contributed by atoms with Crippen molar-refractivity contribution >= 4 is 22.3 Å². The topological polar surface area (TPSA) is 62.8 Å². The Morgan fingerprint density at radius 1 is 1.24 bits per heavy atom. The minimum atomic E-state index is -0.487. The second-order valence-electron chi connectivity index (χ2n) is 7.66. The molecular weight excluding hydrogens is 371 g/mol. The van der Waals surface area contributed by atoms with Crippen LogP contribution in [0.25, 0.3) is 27.7 Å². The molecule has 1 aromatic carbocycles. The molecule has 0 saturated carbocycles. The van der Waals surface area contributed by atoms with Gasteiger partial charge in [-0.05, 0) is 38.1 Å². The van der Waals surface area contributed by atoms with E-state index in [1.165, 1.54) is 6.07 Å². The van der Waals surface area contributed by atoms with Gasteiger partial charge in [0, 0.05) is 60.8 Å². The minimum Gasteiger partial charge on any atom is -0.422 e. The van der Waals surface area contributed by atoms with Crippen molar-refractivity contribution in [3.63, 3.8) is 0 Å². The van der Waals surface area contributed by atoms with Crippen molar-refractivity contribution in [2.75, 3.05) is 24.5 Å². The predicted molar refractivity (Wildman–Crippen MR) is 111 cm³/mol. The van der Waals surface area contributed by atoms with Crippen LogP contribution in [0.4, 0.5) is 10.1 Å². The van der Waals surface area contributed by atoms with E-state index in [-0.39, 0.29) is 5.65 Å². The molecule has 0 amide bonds. The number of rotatable bonds is 2. The molecule has 4 aromatic rings. The number of benzene rings is 1. The first-order valence-corrected chi connectivity index (χ1v) is 9.69. The van der Waals surface area contributed by atoms with Crippen molar-refractivity contribution in [2.45, 2.75) is 19.9 Å². The van der Waals surface area contributed by atoms with Crippen LogP contribution in [0.15, 0.2) is 51.9 Å². The summed E-state index contributed by atoms with van der Waals surface area (Å²) in [6.45, 7) is 6.67. The molecule has 1 saturated heterocycles. The fraction of sp³-hybridized carbons (Fsp3) is 0.273. The molecular formula is C22H21FN4O2. The molecule has 0 bridgehead atoms. The van der Waals surface area contributed by atoms with Gasteiger partial charge in [-0.3, -0.25) is 0 Å². The van der Waals surface area contributed by atoms with E-state index in [4.69, 9.17) is 4.42 Å². The van der Waals surface area contributed by atoms with Crippen LogP contribution in [0, 0.1) is 12.7 Å². The number of piperazine rings is 1. The summed E-state index contributed by atoms with van der Waals surface area (Å²) in [6, 6.07) is 9.38. The highest BCUT2D eigenvalue weighted by Crippen LogP contribution is 2.27. The van der Waals surface area contributed by atoms with Gasteiger partial charge in [0.25, 0.3) is 0 Å². The summed E-state index contributed by atoms with van der Waals surface area (Å²) in [5.74, 6) is -0.474. The molecule has 0 radical (unpaired) electrons. The zero-order valence-electron chi connectivity index (χ0n) is 16.3. The lowest BCUT2D eigenvalue weighted by Crippen LogP contribution is -2.49. The van der Waals surface area contributed by atoms with Gasteiger partial charge in [-0.25, -0.2) is 14.2 Å². The zero-order chi connectivity index (χ0) is 20.1. The van der Waals surface area contributed by atoms with Crippen molar-refractivity contribution in [3.05, 3.63) is 64.7 Å². The van der Waals surface area contributed by atoms with E-state index in [9.17, 15) is 9.18 Å². The Morgan fingerprint density at radius 2 is 2.10 bits per heavy atom. The Hall–Kier alpha value is -3.19. The first-order valence-electron chi connectivity index (χ1n) is 9.69. The molecule has 148 valence electrons. The molecule has 3 aromatic heterocycles. The summed E-state index contributed by atoms with van der Waals surface area (Å²) in [5.41, 5.74) is 2.81. The molecule has 1 atom stereocenters. The normalized spacial score (nSPS) is 17.3. The molecule has 29 heavy (non-hydrogen) atoms. The lowest BCUT2D eigenvalue weighted by atomic mass is 10.1. The van der Waals surface area contributed by atoms with Crippen LogP contribution >= 0.6 is 0 Å². The number of halogens is 1. The highest BCUT2D eigenvalue weighted by Gasteiger charge is 2.17. The van der Waals surface area contributed by atoms with Gasteiger partial charge in [-0.1, -0.05) is 0 Å². The number of nitrogens with zero attached hydrogens (tertiary/aromatic N) is 3. The molecule has 1 aliphatic rings. The van der Waals surface area contributed by atoms with Gasteiger partial charge in [0.2, 0.25) is 0 Å². The van der Waals surface area contributed by atoms with Crippen molar-refractivity contribution < 1.29 is 8.81 Å². The third-order valence-electron chi connectivity index (χ3n) is 5.39. The van der Waals surface area contributed by atoms with Gasteiger partial charge in [0.15, 0.2) is 11.5 Å². The van der Waals surface area contributed by atoms with Crippen molar-refractivity contribution in [1.29, 1.82) is 0 Å². The van der Waals surface area contributed by atoms with Crippen LogP contribution in [-0.4, -0.2) is 35.1 Å². The maximum absolute atomic E-state index is 14.5. The Morgan fingerprint density at radius 3 is 2.93 bits per heavy atom. The largest absolute Gasteiger partial charge is 0.422 e. The summed E-state index contributed by atoms with van der Waals surface area (Å²) >= 11 is 0. The number of aryl methyl sites for hydroxylation is 1. The zero-order valence-corrected chi connectivity index (χ0v) is 16.3. The van der Waals surface area contributed by atoms with Crippen molar-refractivity contribution in [1.82, 2.24) is 14.7 Å². The van der Waals surface area contributed by atoms with Crippen LogP contribution < -0.4 is 15.8 Å². The van der Waals surface area contributed by atoms with Crippen LogP contribution in [0.2, 0.25) is 0 Å². The summed E-state index contributed by atoms with van der Waals surface area (Å²) < 4.78 is 21.7. The van der Waals surface area contributed by atoms with Crippen LogP contribution in [0.3, 0.4) is 0 Å². The smallest absolute Gasteiger partial charge is 0.344 e. The number of nitrogens with one attached hydrogen (secondary N) is 1. The third kappa shape index (κ3) is 3.17. The van der Waals surface area contributed by atoms with E-state index in [1.807, 2.05) is 18.2 Å². The van der Waals surface area contributed by atoms with Gasteiger partial charge >= 0.3 is 5.63 Å². The molecule has 1 unspecified atom stereocenters. The van der Waals surface area contributed by atoms with E-state index in [0.717, 1.165) is 30.7 Å². The van der Waals surface area contributed by atoms with E-state index in [2.05, 4.69) is 22.1 Å². The number of hydrogen-bond acceptors (Lipinski definition) is 5. The van der Waals surface area contributed by atoms with E-state index in [1.54, 1.807) is 29.8 Å². The Balaban J connectivity index is 1.58. The first kappa shape index (κ1) is 17.9. The molecule has 1 aliphatic heterocycles. The second-order valence-corrected chi connectivity index (χ2v) is 7.66. The highest BCUT2D eigenvalue weighted by molar-refractivity contribution is 5.84. The molecule has 0 spiro atoms. The van der Waals surface area contributed by atoms with Crippen LogP contribution in [0.1, 0.15) is 12.6 Å². The van der Waals surface area contributed by atoms with Gasteiger partial charge in [-0.2, -0.15) is 0 Å². The molecule has 7 heteroatoms. The van der Waals surface area contributed by atoms with Crippen LogP contribution in [0.5, 0.6) is 0 Å². The lowest BCUT2D eigenvalue weighted by molar-refractivity contribution is 0.484. The average Bonchev–Trinajstić information content (AvgIpc) is 3.08. The standard InChI is InChI=1S/C22H21FN4O2/c1-13-10-26(6-5-24-13)17-4-3-15-7-18(22(28)29-20(15)9-17)16-8-19(23)21-25-14(2)11-27(21)12-16/h3-4,7-9,11-13,24H,5-6,10H2,1-2H3. The molecule has 5 rings (SSSR count). The van der Waals surface area contributed by atoms with Gasteiger partial charge in [0.1, 0.15) is 5.58 Å². The predicted octanol–water partition coefficient (Wildman–Crippen LogP) is 3.35. The molecule has 1 fully saturated rings. The Bertz CT molecular complexity index is 1290. The second kappa shape index (κ2) is 6.70. The average molecular weight is 392 g/mol. The minimum absolute atomic E-state index is 0.242. The summed E-state index contributed by atoms with van der Waals surface area (Å²) in [6.07, 6.45) is 3.43. The van der Waals surface area contributed by atoms with Gasteiger partial charge < -0.3 is 19.0 Å². The third-order valence-corrected chi connectivity index (χ3v) is 5.39. The fourth-order valence-electron chi connectivity index (χ4n) is 3.99. The van der Waals surface area contributed by atoms with E-state index < -0.39 is 11.4 Å². The number of imidazole rings is 1. The van der Waals surface area contributed by atoms with Gasteiger partial charge in [0.05, 0.1) is 11.3 Å². The van der Waals surface area contributed by atoms with Gasteiger partial charge in [-0.15, -0.1) is 0 Å².